The molecule has 11 aromatic carbocycles. The van der Waals surface area contributed by atoms with E-state index < -0.39 is 10.8 Å². The van der Waals surface area contributed by atoms with Gasteiger partial charge in [-0.05, 0) is 150 Å². The molecule has 0 saturated heterocycles. The highest BCUT2D eigenvalue weighted by atomic mass is 32.2. The number of hydrogen-bond acceptors (Lipinski definition) is 3. The minimum absolute atomic E-state index is 0.0705. The van der Waals surface area contributed by atoms with Gasteiger partial charge in [0.2, 0.25) is 0 Å². The number of fused-ring (bicyclic) bond motifs is 21. The molecule has 1 aromatic heterocycles. The van der Waals surface area contributed by atoms with Gasteiger partial charge in [0.1, 0.15) is 11.5 Å². The van der Waals surface area contributed by atoms with Gasteiger partial charge in [-0.3, -0.25) is 0 Å². The summed E-state index contributed by atoms with van der Waals surface area (Å²) in [6, 6.07) is 91.8. The molecule has 0 saturated carbocycles. The second-order valence-corrected chi connectivity index (χ2v) is 25.4. The van der Waals surface area contributed by atoms with Crippen molar-refractivity contribution in [1.29, 1.82) is 0 Å². The topological polar surface area (TPSA) is 17.4 Å². The van der Waals surface area contributed by atoms with Gasteiger partial charge in [-0.1, -0.05) is 223 Å². The van der Waals surface area contributed by atoms with Crippen LogP contribution in [-0.4, -0.2) is 4.57 Å². The SMILES string of the molecule is CC(C)(C)c1ccc2c(c1)C1(c3cc(C(C)(C)C)ccc3S2)c2ccccc2-c2ccc(N(c3ccc4c(c3)C3(c5ccccc5O4)c4ccccc4-c4ccccc43)c3ccccc3-n3c4ccccc4c4ccccc43)cc21. The van der Waals surface area contributed by atoms with Gasteiger partial charge in [0.15, 0.2) is 0 Å². The molecule has 3 nitrogen and oxygen atoms in total. The zero-order chi connectivity index (χ0) is 53.9. The maximum absolute atomic E-state index is 7.10. The first-order valence-electron chi connectivity index (χ1n) is 28.2. The molecule has 4 aliphatic rings. The van der Waals surface area contributed by atoms with Crippen molar-refractivity contribution in [2.75, 3.05) is 4.90 Å². The molecule has 3 heterocycles. The molecule has 0 fully saturated rings. The van der Waals surface area contributed by atoms with E-state index >= 15 is 0 Å². The molecule has 0 amide bonds. The highest BCUT2D eigenvalue weighted by Crippen LogP contribution is 2.65. The Morgan fingerprint density at radius 1 is 0.362 bits per heavy atom. The minimum Gasteiger partial charge on any atom is -0.457 e. The van der Waals surface area contributed by atoms with Crippen molar-refractivity contribution < 1.29 is 4.74 Å². The minimum atomic E-state index is -0.655. The van der Waals surface area contributed by atoms with E-state index in [1.165, 1.54) is 87.3 Å². The van der Waals surface area contributed by atoms with Crippen molar-refractivity contribution in [2.24, 2.45) is 0 Å². The molecule has 0 bridgehead atoms. The average molecular weight is 1050 g/mol. The predicted octanol–water partition coefficient (Wildman–Crippen LogP) is 20.1. The lowest BCUT2D eigenvalue weighted by atomic mass is 9.65. The van der Waals surface area contributed by atoms with Crippen LogP contribution in [0.25, 0.3) is 49.7 Å². The van der Waals surface area contributed by atoms with Crippen LogP contribution in [0.1, 0.15) is 97.2 Å². The summed E-state index contributed by atoms with van der Waals surface area (Å²) in [5.41, 5.74) is 23.0. The van der Waals surface area contributed by atoms with Crippen molar-refractivity contribution in [3.05, 3.63) is 298 Å². The Bertz CT molecular complexity index is 4440. The monoisotopic (exact) mass is 1050 g/mol. The molecular weight excluding hydrogens is 989 g/mol. The quantitative estimate of drug-likeness (QED) is 0.175. The molecule has 80 heavy (non-hydrogen) atoms. The van der Waals surface area contributed by atoms with Gasteiger partial charge in [0.05, 0.1) is 33.2 Å². The zero-order valence-electron chi connectivity index (χ0n) is 45.8. The van der Waals surface area contributed by atoms with Crippen LogP contribution in [0.2, 0.25) is 0 Å². The van der Waals surface area contributed by atoms with Gasteiger partial charge in [-0.15, -0.1) is 0 Å². The average Bonchev–Trinajstić information content (AvgIpc) is 4.19. The Balaban J connectivity index is 1.02. The summed E-state index contributed by atoms with van der Waals surface area (Å²) in [4.78, 5) is 5.15. The molecule has 2 spiro atoms. The lowest BCUT2D eigenvalue weighted by Gasteiger charge is -2.42. The maximum Gasteiger partial charge on any atom is 0.132 e. The number of para-hydroxylation sites is 5. The molecule has 0 unspecified atom stereocenters. The molecule has 2 aliphatic heterocycles. The fraction of sp³-hybridized carbons (Fsp3) is 0.132. The third-order valence-corrected chi connectivity index (χ3v) is 19.2. The Morgan fingerprint density at radius 2 is 0.800 bits per heavy atom. The molecule has 2 aliphatic carbocycles. The largest absolute Gasteiger partial charge is 0.457 e. The first-order chi connectivity index (χ1) is 38.9. The fourth-order valence-corrected chi connectivity index (χ4v) is 15.6. The van der Waals surface area contributed by atoms with Crippen LogP contribution in [-0.2, 0) is 21.7 Å². The molecule has 0 atom stereocenters. The van der Waals surface area contributed by atoms with Crippen molar-refractivity contribution >= 4 is 50.6 Å². The Hall–Kier alpha value is -8.83. The summed E-state index contributed by atoms with van der Waals surface area (Å²) < 4.78 is 9.58. The molecule has 384 valence electrons. The lowest BCUT2D eigenvalue weighted by molar-refractivity contribution is 0.436. The fourth-order valence-electron chi connectivity index (χ4n) is 14.4. The highest BCUT2D eigenvalue weighted by Gasteiger charge is 2.53. The second kappa shape index (κ2) is 16.8. The van der Waals surface area contributed by atoms with Crippen LogP contribution in [0, 0.1) is 0 Å². The van der Waals surface area contributed by atoms with E-state index in [0.29, 0.717) is 0 Å². The van der Waals surface area contributed by atoms with Crippen LogP contribution >= 0.6 is 11.8 Å². The number of ether oxygens (including phenoxy) is 1. The first kappa shape index (κ1) is 47.2. The van der Waals surface area contributed by atoms with Crippen molar-refractivity contribution in [2.45, 2.75) is 73.0 Å². The number of nitrogens with zero attached hydrogens (tertiary/aromatic N) is 2. The van der Waals surface area contributed by atoms with Gasteiger partial charge in [-0.2, -0.15) is 0 Å². The number of hydrogen-bond donors (Lipinski definition) is 0. The van der Waals surface area contributed by atoms with Gasteiger partial charge in [0, 0.05) is 43.1 Å². The molecule has 4 heteroatoms. The summed E-state index contributed by atoms with van der Waals surface area (Å²) in [6.45, 7) is 14.1. The van der Waals surface area contributed by atoms with Crippen LogP contribution < -0.4 is 9.64 Å². The third-order valence-electron chi connectivity index (χ3n) is 18.0. The summed E-state index contributed by atoms with van der Waals surface area (Å²) in [5.74, 6) is 1.74. The summed E-state index contributed by atoms with van der Waals surface area (Å²) in [6.07, 6.45) is 0. The van der Waals surface area contributed by atoms with Gasteiger partial charge in [0.25, 0.3) is 0 Å². The van der Waals surface area contributed by atoms with Crippen LogP contribution in [0.3, 0.4) is 0 Å². The summed E-state index contributed by atoms with van der Waals surface area (Å²) in [5, 5.41) is 2.45. The summed E-state index contributed by atoms with van der Waals surface area (Å²) in [7, 11) is 0. The van der Waals surface area contributed by atoms with Crippen LogP contribution in [0.4, 0.5) is 17.1 Å². The van der Waals surface area contributed by atoms with Crippen LogP contribution in [0.5, 0.6) is 11.5 Å². The van der Waals surface area contributed by atoms with E-state index in [1.54, 1.807) is 0 Å². The van der Waals surface area contributed by atoms with Gasteiger partial charge < -0.3 is 14.2 Å². The Kier molecular flexibility index (Phi) is 9.94. The molecule has 16 rings (SSSR count). The standard InChI is InChI=1S/C76H58N2OS/c1-73(2,3)47-35-41-71-63(43-47)76(64-44-48(74(4,5)6)36-42-72(64)80-71)59-28-14-9-23-53(59)54-39-37-49(45-61(54)76)77(67-32-18-19-33-68(67)78-65-30-16-10-24-55(65)56-25-11-17-31-66(56)78)50-38-40-70-62(46-50)75(60-29-15-20-34-69(60)79-70)57-26-12-7-21-51(57)52-22-8-13-27-58(52)75/h7-46H,1-6H3. The number of aromatic nitrogens is 1. The lowest BCUT2D eigenvalue weighted by Crippen LogP contribution is -2.33. The molecule has 0 N–H and O–H groups in total. The second-order valence-electron chi connectivity index (χ2n) is 24.4. The molecule has 0 radical (unpaired) electrons. The van der Waals surface area contributed by atoms with Crippen LogP contribution in [0.15, 0.2) is 252 Å². The van der Waals surface area contributed by atoms with Crippen molar-refractivity contribution in [3.8, 4) is 39.4 Å². The van der Waals surface area contributed by atoms with E-state index in [9.17, 15) is 0 Å². The predicted molar refractivity (Wildman–Crippen MR) is 332 cm³/mol. The van der Waals surface area contributed by atoms with E-state index in [-0.39, 0.29) is 10.8 Å². The number of rotatable bonds is 4. The highest BCUT2D eigenvalue weighted by molar-refractivity contribution is 7.99. The molecular formula is C76H58N2OS. The Morgan fingerprint density at radius 3 is 1.38 bits per heavy atom. The van der Waals surface area contributed by atoms with Gasteiger partial charge in [-0.25, -0.2) is 0 Å². The third kappa shape index (κ3) is 6.40. The first-order valence-corrected chi connectivity index (χ1v) is 29.0. The zero-order valence-corrected chi connectivity index (χ0v) is 46.6. The van der Waals surface area contributed by atoms with Gasteiger partial charge >= 0.3 is 0 Å². The number of benzene rings is 11. The maximum atomic E-state index is 7.10. The smallest absolute Gasteiger partial charge is 0.132 e. The van der Waals surface area contributed by atoms with Crippen molar-refractivity contribution in [3.63, 3.8) is 0 Å². The van der Waals surface area contributed by atoms with Crippen molar-refractivity contribution in [1.82, 2.24) is 4.57 Å². The van der Waals surface area contributed by atoms with E-state index in [0.717, 1.165) is 56.4 Å². The van der Waals surface area contributed by atoms with E-state index in [1.807, 2.05) is 11.8 Å². The van der Waals surface area contributed by atoms with E-state index in [2.05, 4.69) is 294 Å². The molecule has 12 aromatic rings. The van der Waals surface area contributed by atoms with E-state index in [4.69, 9.17) is 4.74 Å². The Labute approximate surface area is 472 Å². The summed E-state index contributed by atoms with van der Waals surface area (Å²) >= 11 is 1.92. The number of anilines is 3. The normalized spacial score (nSPS) is 14.6.